The summed E-state index contributed by atoms with van der Waals surface area (Å²) in [5, 5.41) is 0. The predicted octanol–water partition coefficient (Wildman–Crippen LogP) is 2.54. The molecule has 3 fully saturated rings. The first kappa shape index (κ1) is 9.44. The first-order valence-corrected chi connectivity index (χ1v) is 6.04. The Hall–Kier alpha value is -0.790. The minimum atomic E-state index is -0.00523. The van der Waals surface area contributed by atoms with Crippen LogP contribution in [0, 0.1) is 23.7 Å². The minimum Gasteiger partial charge on any atom is -0.462 e. The molecule has 1 heterocycles. The van der Waals surface area contributed by atoms with E-state index in [-0.39, 0.29) is 18.0 Å². The standard InChI is InChI=1S/C13H18O2/c1-7(2)12-10-6-11(15-13(12)14)9-5-3-4-8(9)10/h8-12H,1,3-6H2,2H3. The maximum atomic E-state index is 11.8. The highest BCUT2D eigenvalue weighted by Crippen LogP contribution is 2.55. The lowest BCUT2D eigenvalue weighted by atomic mass is 9.78. The monoisotopic (exact) mass is 206 g/mol. The Morgan fingerprint density at radius 3 is 2.80 bits per heavy atom. The highest BCUT2D eigenvalue weighted by Gasteiger charge is 2.55. The molecule has 2 bridgehead atoms. The number of hydrogen-bond donors (Lipinski definition) is 0. The number of hydrogen-bond acceptors (Lipinski definition) is 2. The number of rotatable bonds is 1. The minimum absolute atomic E-state index is 0.00171. The van der Waals surface area contributed by atoms with Crippen LogP contribution >= 0.6 is 0 Å². The van der Waals surface area contributed by atoms with Crippen LogP contribution in [0.4, 0.5) is 0 Å². The van der Waals surface area contributed by atoms with Gasteiger partial charge in [0.25, 0.3) is 0 Å². The van der Waals surface area contributed by atoms with Crippen molar-refractivity contribution >= 4 is 5.97 Å². The fourth-order valence-corrected chi connectivity index (χ4v) is 4.11. The van der Waals surface area contributed by atoms with E-state index in [1.807, 2.05) is 6.92 Å². The molecule has 0 spiro atoms. The van der Waals surface area contributed by atoms with Crippen LogP contribution in [0.2, 0.25) is 0 Å². The van der Waals surface area contributed by atoms with Crippen molar-refractivity contribution in [2.75, 3.05) is 0 Å². The molecule has 5 unspecified atom stereocenters. The topological polar surface area (TPSA) is 26.3 Å². The van der Waals surface area contributed by atoms with Gasteiger partial charge in [0, 0.05) is 0 Å². The lowest BCUT2D eigenvalue weighted by molar-refractivity contribution is -0.159. The molecule has 15 heavy (non-hydrogen) atoms. The van der Waals surface area contributed by atoms with E-state index in [0.717, 1.165) is 17.9 Å². The number of ether oxygens (including phenoxy) is 1. The van der Waals surface area contributed by atoms with E-state index in [0.29, 0.717) is 11.8 Å². The first-order chi connectivity index (χ1) is 7.18. The van der Waals surface area contributed by atoms with Crippen LogP contribution in [0.25, 0.3) is 0 Å². The van der Waals surface area contributed by atoms with Gasteiger partial charge in [0.2, 0.25) is 0 Å². The van der Waals surface area contributed by atoms with Crippen LogP contribution in [-0.2, 0) is 9.53 Å². The van der Waals surface area contributed by atoms with E-state index in [4.69, 9.17) is 4.74 Å². The zero-order valence-corrected chi connectivity index (χ0v) is 9.24. The molecule has 1 saturated heterocycles. The Labute approximate surface area is 90.7 Å². The van der Waals surface area contributed by atoms with Crippen molar-refractivity contribution in [1.29, 1.82) is 0 Å². The van der Waals surface area contributed by atoms with E-state index in [2.05, 4.69) is 6.58 Å². The molecule has 0 amide bonds. The third-order valence-electron chi connectivity index (χ3n) is 4.64. The Morgan fingerprint density at radius 2 is 2.07 bits per heavy atom. The van der Waals surface area contributed by atoms with Gasteiger partial charge in [-0.05, 0) is 43.9 Å². The van der Waals surface area contributed by atoms with Crippen molar-refractivity contribution in [3.05, 3.63) is 12.2 Å². The average Bonchev–Trinajstić information content (AvgIpc) is 2.70. The second-order valence-corrected chi connectivity index (χ2v) is 5.46. The lowest BCUT2D eigenvalue weighted by Gasteiger charge is -2.30. The second kappa shape index (κ2) is 3.10. The molecule has 0 aromatic heterocycles. The van der Waals surface area contributed by atoms with Gasteiger partial charge < -0.3 is 4.74 Å². The molecule has 1 aliphatic heterocycles. The van der Waals surface area contributed by atoms with Crippen LogP contribution in [0.15, 0.2) is 12.2 Å². The molecule has 2 aliphatic carbocycles. The van der Waals surface area contributed by atoms with Crippen molar-refractivity contribution in [3.8, 4) is 0 Å². The summed E-state index contributed by atoms with van der Waals surface area (Å²) in [6.45, 7) is 5.93. The highest BCUT2D eigenvalue weighted by molar-refractivity contribution is 5.77. The molecule has 2 nitrogen and oxygen atoms in total. The maximum Gasteiger partial charge on any atom is 0.313 e. The first-order valence-electron chi connectivity index (χ1n) is 6.04. The summed E-state index contributed by atoms with van der Waals surface area (Å²) >= 11 is 0. The SMILES string of the molecule is C=C(C)C1C(=O)OC2CC1C1CCCC21. The molecule has 0 aromatic carbocycles. The van der Waals surface area contributed by atoms with Gasteiger partial charge >= 0.3 is 5.97 Å². The number of carbonyl (C=O) groups is 1. The molecule has 3 aliphatic rings. The van der Waals surface area contributed by atoms with Crippen LogP contribution in [0.1, 0.15) is 32.6 Å². The van der Waals surface area contributed by atoms with Crippen LogP contribution < -0.4 is 0 Å². The van der Waals surface area contributed by atoms with Crippen LogP contribution in [0.3, 0.4) is 0 Å². The van der Waals surface area contributed by atoms with Gasteiger partial charge in [0.05, 0.1) is 5.92 Å². The third-order valence-corrected chi connectivity index (χ3v) is 4.64. The molecule has 3 rings (SSSR count). The van der Waals surface area contributed by atoms with Crippen molar-refractivity contribution in [1.82, 2.24) is 0 Å². The predicted molar refractivity (Wildman–Crippen MR) is 57.1 cm³/mol. The summed E-state index contributed by atoms with van der Waals surface area (Å²) in [4.78, 5) is 11.8. The summed E-state index contributed by atoms with van der Waals surface area (Å²) in [5.41, 5.74) is 0.996. The maximum absolute atomic E-state index is 11.8. The molecule has 82 valence electrons. The lowest BCUT2D eigenvalue weighted by Crippen LogP contribution is -2.34. The number of esters is 1. The van der Waals surface area contributed by atoms with Crippen molar-refractivity contribution in [2.24, 2.45) is 23.7 Å². The van der Waals surface area contributed by atoms with Gasteiger partial charge in [-0.25, -0.2) is 0 Å². The average molecular weight is 206 g/mol. The largest absolute Gasteiger partial charge is 0.462 e. The normalized spacial score (nSPS) is 47.5. The van der Waals surface area contributed by atoms with E-state index in [1.54, 1.807) is 0 Å². The van der Waals surface area contributed by atoms with Gasteiger partial charge in [-0.2, -0.15) is 0 Å². The molecule has 2 heteroatoms. The molecule has 0 N–H and O–H groups in total. The van der Waals surface area contributed by atoms with Crippen molar-refractivity contribution < 1.29 is 9.53 Å². The Morgan fingerprint density at radius 1 is 1.33 bits per heavy atom. The summed E-state index contributed by atoms with van der Waals surface area (Å²) in [6, 6.07) is 0. The Balaban J connectivity index is 1.94. The molecule has 5 atom stereocenters. The van der Waals surface area contributed by atoms with E-state index < -0.39 is 0 Å². The fourth-order valence-electron chi connectivity index (χ4n) is 4.11. The zero-order valence-electron chi connectivity index (χ0n) is 9.24. The van der Waals surface area contributed by atoms with Gasteiger partial charge in [-0.3, -0.25) is 4.79 Å². The molecular formula is C13H18O2. The summed E-state index contributed by atoms with van der Waals surface area (Å²) in [5.74, 6) is 1.94. The van der Waals surface area contributed by atoms with Crippen LogP contribution in [0.5, 0.6) is 0 Å². The van der Waals surface area contributed by atoms with Gasteiger partial charge in [-0.15, -0.1) is 0 Å². The van der Waals surface area contributed by atoms with Crippen LogP contribution in [-0.4, -0.2) is 12.1 Å². The summed E-state index contributed by atoms with van der Waals surface area (Å²) < 4.78 is 5.57. The number of carbonyl (C=O) groups excluding carboxylic acids is 1. The fraction of sp³-hybridized carbons (Fsp3) is 0.769. The molecule has 0 aromatic rings. The summed E-state index contributed by atoms with van der Waals surface area (Å²) in [7, 11) is 0. The quantitative estimate of drug-likeness (QED) is 0.487. The smallest absolute Gasteiger partial charge is 0.313 e. The summed E-state index contributed by atoms with van der Waals surface area (Å²) in [6.07, 6.45) is 5.22. The van der Waals surface area contributed by atoms with E-state index in [1.165, 1.54) is 19.3 Å². The van der Waals surface area contributed by atoms with E-state index >= 15 is 0 Å². The molecule has 0 radical (unpaired) electrons. The third kappa shape index (κ3) is 1.20. The molecular weight excluding hydrogens is 188 g/mol. The van der Waals surface area contributed by atoms with Gasteiger partial charge in [0.15, 0.2) is 0 Å². The van der Waals surface area contributed by atoms with Crippen molar-refractivity contribution in [3.63, 3.8) is 0 Å². The van der Waals surface area contributed by atoms with Gasteiger partial charge in [-0.1, -0.05) is 18.6 Å². The number of fused-ring (bicyclic) bond motifs is 5. The van der Waals surface area contributed by atoms with Gasteiger partial charge in [0.1, 0.15) is 6.10 Å². The highest BCUT2D eigenvalue weighted by atomic mass is 16.5. The second-order valence-electron chi connectivity index (χ2n) is 5.46. The van der Waals surface area contributed by atoms with Crippen molar-refractivity contribution in [2.45, 2.75) is 38.7 Å². The zero-order chi connectivity index (χ0) is 10.6. The molecule has 2 saturated carbocycles. The Bertz CT molecular complexity index is 320. The van der Waals surface area contributed by atoms with E-state index in [9.17, 15) is 4.79 Å². The Kier molecular flexibility index (Phi) is 1.95.